The molecular weight excluding hydrogens is 368 g/mol. The fourth-order valence-electron chi connectivity index (χ4n) is 2.72. The fraction of sp³-hybridized carbons (Fsp3) is 0.522. The van der Waals surface area contributed by atoms with E-state index >= 15 is 0 Å². The molecule has 0 aliphatic rings. The van der Waals surface area contributed by atoms with Crippen LogP contribution in [0.15, 0.2) is 42.5 Å². The second-order valence-electron chi connectivity index (χ2n) is 8.04. The van der Waals surface area contributed by atoms with E-state index in [0.29, 0.717) is 13.0 Å². The summed E-state index contributed by atoms with van der Waals surface area (Å²) in [6.07, 6.45) is 6.92. The quantitative estimate of drug-likeness (QED) is 0.300. The van der Waals surface area contributed by atoms with Gasteiger partial charge in [0, 0.05) is 24.8 Å². The Bertz CT molecular complexity index is 671. The van der Waals surface area contributed by atoms with Crippen molar-refractivity contribution in [3.8, 4) is 0 Å². The summed E-state index contributed by atoms with van der Waals surface area (Å²) in [5, 5.41) is 2.76. The first-order chi connectivity index (χ1) is 13.8. The number of carbonyl (C=O) groups excluding carboxylic acids is 3. The van der Waals surface area contributed by atoms with Crippen molar-refractivity contribution in [3.63, 3.8) is 0 Å². The molecule has 2 atom stereocenters. The lowest BCUT2D eigenvalue weighted by Gasteiger charge is -2.24. The zero-order valence-corrected chi connectivity index (χ0v) is 17.7. The summed E-state index contributed by atoms with van der Waals surface area (Å²) >= 11 is 0. The summed E-state index contributed by atoms with van der Waals surface area (Å²) in [6.45, 7) is 5.81. The van der Waals surface area contributed by atoms with E-state index in [0.717, 1.165) is 24.7 Å². The average molecular weight is 403 g/mol. The van der Waals surface area contributed by atoms with Crippen LogP contribution in [0.3, 0.4) is 0 Å². The molecule has 3 N–H and O–H groups in total. The van der Waals surface area contributed by atoms with Crippen LogP contribution in [0.2, 0.25) is 0 Å². The number of rotatable bonds is 13. The Morgan fingerprint density at radius 3 is 2.52 bits per heavy atom. The Balaban J connectivity index is 2.45. The second-order valence-corrected chi connectivity index (χ2v) is 8.04. The third kappa shape index (κ3) is 10.6. The van der Waals surface area contributed by atoms with E-state index in [1.54, 1.807) is 13.8 Å². The molecule has 0 heterocycles. The summed E-state index contributed by atoms with van der Waals surface area (Å²) in [6, 6.07) is 9.91. The van der Waals surface area contributed by atoms with E-state index < -0.39 is 11.4 Å². The van der Waals surface area contributed by atoms with Gasteiger partial charge in [-0.05, 0) is 24.3 Å². The maximum absolute atomic E-state index is 11.8. The monoisotopic (exact) mass is 402 g/mol. The Hall–Kier alpha value is -2.47. The molecular formula is C23H34N2O4. The lowest BCUT2D eigenvalue weighted by Crippen LogP contribution is -2.34. The normalized spacial score (nSPS) is 13.7. The van der Waals surface area contributed by atoms with Gasteiger partial charge >= 0.3 is 5.97 Å². The molecule has 0 aliphatic carbocycles. The third-order valence-electron chi connectivity index (χ3n) is 4.68. The molecule has 0 aliphatic heterocycles. The lowest BCUT2D eigenvalue weighted by atomic mass is 9.93. The molecule has 6 nitrogen and oxygen atoms in total. The molecule has 160 valence electrons. The number of amides is 1. The van der Waals surface area contributed by atoms with E-state index in [1.807, 2.05) is 42.5 Å². The summed E-state index contributed by atoms with van der Waals surface area (Å²) in [7, 11) is 0. The van der Waals surface area contributed by atoms with Gasteiger partial charge in [0.05, 0.1) is 6.54 Å². The zero-order valence-electron chi connectivity index (χ0n) is 17.7. The molecule has 1 aromatic rings. The summed E-state index contributed by atoms with van der Waals surface area (Å²) < 4.78 is 5.55. The van der Waals surface area contributed by atoms with Crippen LogP contribution in [0.4, 0.5) is 0 Å². The summed E-state index contributed by atoms with van der Waals surface area (Å²) in [4.78, 5) is 34.4. The molecule has 2 unspecified atom stereocenters. The minimum atomic E-state index is -0.552. The topological polar surface area (TPSA) is 98.5 Å². The van der Waals surface area contributed by atoms with Crippen LogP contribution in [0, 0.1) is 11.3 Å². The van der Waals surface area contributed by atoms with Crippen molar-refractivity contribution in [2.75, 3.05) is 13.1 Å². The number of hydrogen-bond acceptors (Lipinski definition) is 5. The first-order valence-corrected chi connectivity index (χ1v) is 10.1. The maximum Gasteiger partial charge on any atom is 0.319 e. The Labute approximate surface area is 173 Å². The van der Waals surface area contributed by atoms with Crippen LogP contribution in [-0.2, 0) is 25.5 Å². The highest BCUT2D eigenvalue weighted by Gasteiger charge is 2.21. The van der Waals surface area contributed by atoms with Gasteiger partial charge in [0.15, 0.2) is 0 Å². The van der Waals surface area contributed by atoms with Gasteiger partial charge < -0.3 is 20.6 Å². The van der Waals surface area contributed by atoms with Crippen molar-refractivity contribution < 1.29 is 19.1 Å². The van der Waals surface area contributed by atoms with Gasteiger partial charge in [-0.25, -0.2) is 0 Å². The molecule has 0 radical (unpaired) electrons. The molecule has 0 saturated carbocycles. The molecule has 0 saturated heterocycles. The number of nitrogens with two attached hydrogens (primary N) is 1. The van der Waals surface area contributed by atoms with Crippen molar-refractivity contribution in [3.05, 3.63) is 48.0 Å². The van der Waals surface area contributed by atoms with Crippen LogP contribution in [0.1, 0.15) is 45.6 Å². The first kappa shape index (κ1) is 24.6. The van der Waals surface area contributed by atoms with E-state index in [1.165, 1.54) is 0 Å². The first-order valence-electron chi connectivity index (χ1n) is 10.1. The van der Waals surface area contributed by atoms with Crippen molar-refractivity contribution in [1.82, 2.24) is 5.32 Å². The fourth-order valence-corrected chi connectivity index (χ4v) is 2.72. The third-order valence-corrected chi connectivity index (χ3v) is 4.68. The van der Waals surface area contributed by atoms with Gasteiger partial charge in [0.25, 0.3) is 0 Å². The molecule has 0 aromatic heterocycles. The van der Waals surface area contributed by atoms with Crippen LogP contribution in [-0.4, -0.2) is 37.4 Å². The highest BCUT2D eigenvalue weighted by molar-refractivity contribution is 5.78. The van der Waals surface area contributed by atoms with Crippen molar-refractivity contribution in [1.29, 1.82) is 0 Å². The maximum atomic E-state index is 11.8. The van der Waals surface area contributed by atoms with Crippen LogP contribution in [0.5, 0.6) is 0 Å². The largest absolute Gasteiger partial charge is 0.461 e. The number of benzene rings is 1. The SMILES string of the molecule is CC(CC/C=C/CC(=O)NCC(C)(C)C=O)C(Cc1ccccc1)OC(=O)CN. The summed E-state index contributed by atoms with van der Waals surface area (Å²) in [5.41, 5.74) is 5.96. The molecule has 6 heteroatoms. The predicted octanol–water partition coefficient (Wildman–Crippen LogP) is 2.80. The average Bonchev–Trinajstić information content (AvgIpc) is 2.72. The van der Waals surface area contributed by atoms with Gasteiger partial charge in [-0.2, -0.15) is 0 Å². The van der Waals surface area contributed by atoms with Gasteiger partial charge in [-0.3, -0.25) is 9.59 Å². The van der Waals surface area contributed by atoms with Crippen LogP contribution < -0.4 is 11.1 Å². The minimum absolute atomic E-state index is 0.108. The van der Waals surface area contributed by atoms with Crippen molar-refractivity contribution in [2.24, 2.45) is 17.1 Å². The molecule has 0 bridgehead atoms. The van der Waals surface area contributed by atoms with Gasteiger partial charge in [0.2, 0.25) is 5.91 Å². The highest BCUT2D eigenvalue weighted by Crippen LogP contribution is 2.19. The van der Waals surface area contributed by atoms with Gasteiger partial charge in [-0.15, -0.1) is 0 Å². The van der Waals surface area contributed by atoms with Crippen LogP contribution >= 0.6 is 0 Å². The van der Waals surface area contributed by atoms with Crippen molar-refractivity contribution >= 4 is 18.2 Å². The molecule has 0 fully saturated rings. The van der Waals surface area contributed by atoms with E-state index in [4.69, 9.17) is 10.5 Å². The number of nitrogens with one attached hydrogen (secondary N) is 1. The molecule has 1 amide bonds. The van der Waals surface area contributed by atoms with Gasteiger partial charge in [-0.1, -0.05) is 63.3 Å². The molecule has 29 heavy (non-hydrogen) atoms. The zero-order chi connectivity index (χ0) is 21.7. The Morgan fingerprint density at radius 2 is 1.90 bits per heavy atom. The van der Waals surface area contributed by atoms with Crippen LogP contribution in [0.25, 0.3) is 0 Å². The highest BCUT2D eigenvalue weighted by atomic mass is 16.5. The minimum Gasteiger partial charge on any atom is -0.461 e. The Morgan fingerprint density at radius 1 is 1.21 bits per heavy atom. The number of ether oxygens (including phenoxy) is 1. The van der Waals surface area contributed by atoms with E-state index in [2.05, 4.69) is 12.2 Å². The predicted molar refractivity (Wildman–Crippen MR) is 114 cm³/mol. The number of esters is 1. The number of allylic oxidation sites excluding steroid dienone is 1. The summed E-state index contributed by atoms with van der Waals surface area (Å²) in [5.74, 6) is -0.358. The molecule has 1 rings (SSSR count). The number of hydrogen-bond donors (Lipinski definition) is 2. The number of aldehydes is 1. The molecule has 0 spiro atoms. The Kier molecular flexibility index (Phi) is 10.9. The smallest absolute Gasteiger partial charge is 0.319 e. The number of carbonyl (C=O) groups is 3. The molecule has 1 aromatic carbocycles. The lowest BCUT2D eigenvalue weighted by molar-refractivity contribution is -0.149. The van der Waals surface area contributed by atoms with E-state index in [-0.39, 0.29) is 30.9 Å². The van der Waals surface area contributed by atoms with Crippen molar-refractivity contribution in [2.45, 2.75) is 52.6 Å². The van der Waals surface area contributed by atoms with Gasteiger partial charge in [0.1, 0.15) is 12.4 Å². The second kappa shape index (κ2) is 12.9. The standard InChI is InChI=1S/C23H34N2O4/c1-18(10-6-4-9-13-21(27)25-16-23(2,3)17-26)20(29-22(28)15-24)14-19-11-7-5-8-12-19/h4-5,7-9,11-12,17-18,20H,6,10,13-16,24H2,1-3H3,(H,25,27)/b9-4+. The van der Waals surface area contributed by atoms with E-state index in [9.17, 15) is 14.4 Å².